The van der Waals surface area contributed by atoms with E-state index in [1.54, 1.807) is 6.33 Å². The zero-order valence-corrected chi connectivity index (χ0v) is 9.94. The summed E-state index contributed by atoms with van der Waals surface area (Å²) in [4.78, 5) is 0. The number of nitrogens with two attached hydrogens (primary N) is 1. The highest BCUT2D eigenvalue weighted by molar-refractivity contribution is 6.32. The second-order valence-electron chi connectivity index (χ2n) is 4.20. The molecule has 0 bridgehead atoms. The average Bonchev–Trinajstić information content (AvgIpc) is 2.66. The molecule has 16 heavy (non-hydrogen) atoms. The van der Waals surface area contributed by atoms with Crippen LogP contribution in [-0.2, 0) is 5.54 Å². The summed E-state index contributed by atoms with van der Waals surface area (Å²) >= 11 is 6.12. The molecule has 0 atom stereocenters. The number of halogens is 1. The Morgan fingerprint density at radius 1 is 1.31 bits per heavy atom. The van der Waals surface area contributed by atoms with Crippen molar-refractivity contribution in [2.24, 2.45) is 5.73 Å². The summed E-state index contributed by atoms with van der Waals surface area (Å²) in [7, 11) is 0. The van der Waals surface area contributed by atoms with Crippen molar-refractivity contribution in [3.63, 3.8) is 0 Å². The highest BCUT2D eigenvalue weighted by Gasteiger charge is 2.22. The standard InChI is InChI=1S/C11H13ClN4/c1-11(2,13)10-15-14-7-16(10)9-6-4-3-5-8(9)12/h3-7H,13H2,1-2H3. The Balaban J connectivity index is 2.58. The Bertz CT molecular complexity index is 499. The molecule has 0 unspecified atom stereocenters. The van der Waals surface area contributed by atoms with Crippen LogP contribution in [0.4, 0.5) is 0 Å². The van der Waals surface area contributed by atoms with Crippen molar-refractivity contribution in [1.82, 2.24) is 14.8 Å². The number of para-hydroxylation sites is 1. The number of rotatable bonds is 2. The van der Waals surface area contributed by atoms with Gasteiger partial charge in [0.25, 0.3) is 0 Å². The maximum absolute atomic E-state index is 6.12. The van der Waals surface area contributed by atoms with Crippen LogP contribution in [0.15, 0.2) is 30.6 Å². The second-order valence-corrected chi connectivity index (χ2v) is 4.60. The summed E-state index contributed by atoms with van der Waals surface area (Å²) in [6.45, 7) is 3.76. The first-order valence-electron chi connectivity index (χ1n) is 4.94. The van der Waals surface area contributed by atoms with Crippen molar-refractivity contribution >= 4 is 11.6 Å². The molecule has 5 heteroatoms. The maximum Gasteiger partial charge on any atom is 0.157 e. The van der Waals surface area contributed by atoms with Crippen molar-refractivity contribution in [1.29, 1.82) is 0 Å². The summed E-state index contributed by atoms with van der Waals surface area (Å²) in [5.74, 6) is 0.681. The van der Waals surface area contributed by atoms with Gasteiger partial charge in [-0.05, 0) is 26.0 Å². The van der Waals surface area contributed by atoms with Crippen molar-refractivity contribution in [2.45, 2.75) is 19.4 Å². The molecule has 1 aromatic heterocycles. The maximum atomic E-state index is 6.12. The summed E-state index contributed by atoms with van der Waals surface area (Å²) in [6, 6.07) is 7.52. The van der Waals surface area contributed by atoms with E-state index < -0.39 is 5.54 Å². The minimum Gasteiger partial charge on any atom is -0.319 e. The van der Waals surface area contributed by atoms with Crippen LogP contribution in [-0.4, -0.2) is 14.8 Å². The van der Waals surface area contributed by atoms with Crippen molar-refractivity contribution < 1.29 is 0 Å². The topological polar surface area (TPSA) is 56.7 Å². The fraction of sp³-hybridized carbons (Fsp3) is 0.273. The molecule has 2 rings (SSSR count). The number of benzene rings is 1. The number of nitrogens with zero attached hydrogens (tertiary/aromatic N) is 3. The molecule has 0 aliphatic heterocycles. The Morgan fingerprint density at radius 2 is 2.00 bits per heavy atom. The van der Waals surface area contributed by atoms with E-state index in [4.69, 9.17) is 17.3 Å². The van der Waals surface area contributed by atoms with Crippen molar-refractivity contribution in [3.05, 3.63) is 41.4 Å². The quantitative estimate of drug-likeness (QED) is 0.869. The zero-order valence-electron chi connectivity index (χ0n) is 9.18. The van der Waals surface area contributed by atoms with Gasteiger partial charge in [0.05, 0.1) is 16.2 Å². The molecule has 0 aliphatic carbocycles. The van der Waals surface area contributed by atoms with Gasteiger partial charge >= 0.3 is 0 Å². The SMILES string of the molecule is CC(C)(N)c1nncn1-c1ccccc1Cl. The molecule has 0 aliphatic rings. The molecule has 2 N–H and O–H groups in total. The first-order chi connectivity index (χ1) is 7.50. The lowest BCUT2D eigenvalue weighted by molar-refractivity contribution is 0.503. The molecule has 0 fully saturated rings. The lowest BCUT2D eigenvalue weighted by Gasteiger charge is -2.19. The molecule has 0 amide bonds. The molecular formula is C11H13ClN4. The number of hydrogen-bond donors (Lipinski definition) is 1. The Kier molecular flexibility index (Phi) is 2.69. The van der Waals surface area contributed by atoms with Gasteiger partial charge in [0.2, 0.25) is 0 Å². The predicted molar refractivity (Wildman–Crippen MR) is 63.6 cm³/mol. The van der Waals surface area contributed by atoms with Crippen LogP contribution in [0.25, 0.3) is 5.69 Å². The Morgan fingerprint density at radius 3 is 2.62 bits per heavy atom. The fourth-order valence-corrected chi connectivity index (χ4v) is 1.72. The largest absolute Gasteiger partial charge is 0.319 e. The summed E-state index contributed by atoms with van der Waals surface area (Å²) in [5.41, 5.74) is 6.30. The Hall–Kier alpha value is -1.39. The summed E-state index contributed by atoms with van der Waals surface area (Å²) < 4.78 is 1.81. The van der Waals surface area contributed by atoms with Crippen LogP contribution < -0.4 is 5.73 Å². The van der Waals surface area contributed by atoms with Gasteiger partial charge in [-0.25, -0.2) is 0 Å². The van der Waals surface area contributed by atoms with Gasteiger partial charge in [0.1, 0.15) is 6.33 Å². The van der Waals surface area contributed by atoms with Crippen LogP contribution in [0.5, 0.6) is 0 Å². The molecule has 1 aromatic carbocycles. The molecule has 0 saturated carbocycles. The second kappa shape index (κ2) is 3.88. The van der Waals surface area contributed by atoms with E-state index in [2.05, 4.69) is 10.2 Å². The number of hydrogen-bond acceptors (Lipinski definition) is 3. The summed E-state index contributed by atoms with van der Waals surface area (Å²) in [5, 5.41) is 8.56. The van der Waals surface area contributed by atoms with E-state index in [-0.39, 0.29) is 0 Å². The third-order valence-corrected chi connectivity index (χ3v) is 2.56. The molecule has 84 valence electrons. The van der Waals surface area contributed by atoms with E-state index in [0.717, 1.165) is 5.69 Å². The lowest BCUT2D eigenvalue weighted by atomic mass is 10.1. The van der Waals surface area contributed by atoms with E-state index in [0.29, 0.717) is 10.8 Å². The average molecular weight is 237 g/mol. The third-order valence-electron chi connectivity index (χ3n) is 2.24. The van der Waals surface area contributed by atoms with Gasteiger partial charge in [0, 0.05) is 0 Å². The molecule has 0 saturated heterocycles. The van der Waals surface area contributed by atoms with Gasteiger partial charge in [-0.15, -0.1) is 10.2 Å². The monoisotopic (exact) mass is 236 g/mol. The minimum absolute atomic E-state index is 0.560. The predicted octanol–water partition coefficient (Wildman–Crippen LogP) is 2.11. The molecule has 0 spiro atoms. The van der Waals surface area contributed by atoms with Crippen LogP contribution in [0.2, 0.25) is 5.02 Å². The zero-order chi connectivity index (χ0) is 11.8. The highest BCUT2D eigenvalue weighted by atomic mass is 35.5. The molecular weight excluding hydrogens is 224 g/mol. The van der Waals surface area contributed by atoms with E-state index >= 15 is 0 Å². The first kappa shape index (κ1) is 11.1. The van der Waals surface area contributed by atoms with Crippen LogP contribution in [0, 0.1) is 0 Å². The van der Waals surface area contributed by atoms with E-state index in [1.807, 2.05) is 42.7 Å². The van der Waals surface area contributed by atoms with Crippen molar-refractivity contribution in [3.8, 4) is 5.69 Å². The lowest BCUT2D eigenvalue weighted by Crippen LogP contribution is -2.32. The van der Waals surface area contributed by atoms with Gasteiger partial charge in [0.15, 0.2) is 5.82 Å². The van der Waals surface area contributed by atoms with Crippen LogP contribution in [0.1, 0.15) is 19.7 Å². The van der Waals surface area contributed by atoms with E-state index in [9.17, 15) is 0 Å². The van der Waals surface area contributed by atoms with E-state index in [1.165, 1.54) is 0 Å². The third kappa shape index (κ3) is 1.94. The molecule has 2 aromatic rings. The normalized spacial score (nSPS) is 11.8. The Labute approximate surface area is 99.1 Å². The van der Waals surface area contributed by atoms with Crippen LogP contribution >= 0.6 is 11.6 Å². The molecule has 0 radical (unpaired) electrons. The van der Waals surface area contributed by atoms with Crippen LogP contribution in [0.3, 0.4) is 0 Å². The minimum atomic E-state index is -0.560. The highest BCUT2D eigenvalue weighted by Crippen LogP contribution is 2.23. The van der Waals surface area contributed by atoms with Crippen molar-refractivity contribution in [2.75, 3.05) is 0 Å². The van der Waals surface area contributed by atoms with Gasteiger partial charge in [-0.3, -0.25) is 4.57 Å². The smallest absolute Gasteiger partial charge is 0.157 e. The number of aromatic nitrogens is 3. The van der Waals surface area contributed by atoms with Gasteiger partial charge < -0.3 is 5.73 Å². The fourth-order valence-electron chi connectivity index (χ4n) is 1.50. The van der Waals surface area contributed by atoms with Gasteiger partial charge in [-0.2, -0.15) is 0 Å². The first-order valence-corrected chi connectivity index (χ1v) is 5.32. The molecule has 1 heterocycles. The summed E-state index contributed by atoms with van der Waals surface area (Å²) in [6.07, 6.45) is 1.62. The molecule has 4 nitrogen and oxygen atoms in total. The van der Waals surface area contributed by atoms with Gasteiger partial charge in [-0.1, -0.05) is 23.7 Å².